The molecule has 0 saturated carbocycles. The second kappa shape index (κ2) is 7.57. The first-order valence-electron chi connectivity index (χ1n) is 6.74. The van der Waals surface area contributed by atoms with Gasteiger partial charge in [0.1, 0.15) is 0 Å². The maximum Gasteiger partial charge on any atom is 0.0221 e. The average molecular weight is 244 g/mol. The zero-order valence-electron chi connectivity index (χ0n) is 11.3. The first-order valence-corrected chi connectivity index (χ1v) is 7.89. The van der Waals surface area contributed by atoms with Crippen LogP contribution in [0.5, 0.6) is 0 Å². The molecule has 1 rings (SSSR count). The maximum atomic E-state index is 3.69. The van der Waals surface area contributed by atoms with Crippen molar-refractivity contribution in [2.75, 3.05) is 31.1 Å². The van der Waals surface area contributed by atoms with E-state index in [4.69, 9.17) is 0 Å². The van der Waals surface area contributed by atoms with Gasteiger partial charge in [0.25, 0.3) is 0 Å². The lowest BCUT2D eigenvalue weighted by Gasteiger charge is -2.41. The molecule has 0 aromatic rings. The van der Waals surface area contributed by atoms with Crippen molar-refractivity contribution in [1.82, 2.24) is 10.2 Å². The fourth-order valence-electron chi connectivity index (χ4n) is 2.25. The molecule has 1 fully saturated rings. The number of nitrogens with zero attached hydrogens (tertiary/aromatic N) is 1. The lowest BCUT2D eigenvalue weighted by atomic mass is 9.96. The number of nitrogens with one attached hydrogen (secondary N) is 1. The Balaban J connectivity index is 2.35. The lowest BCUT2D eigenvalue weighted by Crippen LogP contribution is -2.57. The van der Waals surface area contributed by atoms with Crippen LogP contribution < -0.4 is 5.32 Å². The smallest absolute Gasteiger partial charge is 0.0221 e. The van der Waals surface area contributed by atoms with Gasteiger partial charge in [0.15, 0.2) is 0 Å². The number of rotatable bonds is 6. The molecule has 0 aliphatic carbocycles. The Morgan fingerprint density at radius 2 is 2.19 bits per heavy atom. The Labute approximate surface area is 106 Å². The third-order valence-corrected chi connectivity index (χ3v) is 4.67. The van der Waals surface area contributed by atoms with Crippen molar-refractivity contribution in [3.8, 4) is 0 Å². The third-order valence-electron chi connectivity index (χ3n) is 3.79. The summed E-state index contributed by atoms with van der Waals surface area (Å²) in [5.41, 5.74) is 0. The van der Waals surface area contributed by atoms with Gasteiger partial charge >= 0.3 is 0 Å². The SMILES string of the molecule is CCSCCN1CC(C(C)CC)NCC1C. The predicted molar refractivity (Wildman–Crippen MR) is 75.3 cm³/mol. The van der Waals surface area contributed by atoms with Crippen molar-refractivity contribution in [2.24, 2.45) is 5.92 Å². The molecular weight excluding hydrogens is 216 g/mol. The fourth-order valence-corrected chi connectivity index (χ4v) is 2.90. The monoisotopic (exact) mass is 244 g/mol. The molecule has 1 N–H and O–H groups in total. The van der Waals surface area contributed by atoms with E-state index in [-0.39, 0.29) is 0 Å². The first-order chi connectivity index (χ1) is 7.69. The molecule has 3 heteroatoms. The van der Waals surface area contributed by atoms with Crippen LogP contribution in [-0.2, 0) is 0 Å². The van der Waals surface area contributed by atoms with E-state index in [9.17, 15) is 0 Å². The molecule has 1 saturated heterocycles. The fraction of sp³-hybridized carbons (Fsp3) is 1.00. The van der Waals surface area contributed by atoms with Crippen molar-refractivity contribution in [3.63, 3.8) is 0 Å². The van der Waals surface area contributed by atoms with Crippen LogP contribution in [0.2, 0.25) is 0 Å². The molecule has 16 heavy (non-hydrogen) atoms. The molecule has 1 heterocycles. The van der Waals surface area contributed by atoms with Crippen LogP contribution in [0.3, 0.4) is 0 Å². The number of hydrogen-bond donors (Lipinski definition) is 1. The van der Waals surface area contributed by atoms with Gasteiger partial charge in [-0.05, 0) is 18.6 Å². The largest absolute Gasteiger partial charge is 0.311 e. The van der Waals surface area contributed by atoms with Crippen molar-refractivity contribution in [2.45, 2.75) is 46.2 Å². The highest BCUT2D eigenvalue weighted by Gasteiger charge is 2.26. The van der Waals surface area contributed by atoms with Crippen molar-refractivity contribution >= 4 is 11.8 Å². The highest BCUT2D eigenvalue weighted by Crippen LogP contribution is 2.15. The Hall–Kier alpha value is 0.270. The standard InChI is InChI=1S/C13H28N2S/c1-5-11(3)13-10-15(7-8-16-6-2)12(4)9-14-13/h11-14H,5-10H2,1-4H3. The van der Waals surface area contributed by atoms with Gasteiger partial charge < -0.3 is 5.32 Å². The van der Waals surface area contributed by atoms with E-state index in [0.29, 0.717) is 12.1 Å². The van der Waals surface area contributed by atoms with Crippen LogP contribution in [0.15, 0.2) is 0 Å². The molecule has 0 aromatic heterocycles. The van der Waals surface area contributed by atoms with Crippen LogP contribution >= 0.6 is 11.8 Å². The Kier molecular flexibility index (Phi) is 6.78. The average Bonchev–Trinajstić information content (AvgIpc) is 2.31. The summed E-state index contributed by atoms with van der Waals surface area (Å²) in [7, 11) is 0. The molecule has 0 bridgehead atoms. The molecule has 0 spiro atoms. The summed E-state index contributed by atoms with van der Waals surface area (Å²) in [6.45, 7) is 12.9. The van der Waals surface area contributed by atoms with Gasteiger partial charge in [0.2, 0.25) is 0 Å². The molecule has 0 aromatic carbocycles. The summed E-state index contributed by atoms with van der Waals surface area (Å²) in [6, 6.07) is 1.41. The summed E-state index contributed by atoms with van der Waals surface area (Å²) >= 11 is 2.06. The molecular formula is C13H28N2S. The molecule has 3 unspecified atom stereocenters. The minimum absolute atomic E-state index is 0.702. The number of hydrogen-bond acceptors (Lipinski definition) is 3. The Morgan fingerprint density at radius 1 is 1.44 bits per heavy atom. The summed E-state index contributed by atoms with van der Waals surface area (Å²) in [5, 5.41) is 3.69. The highest BCUT2D eigenvalue weighted by molar-refractivity contribution is 7.99. The third kappa shape index (κ3) is 4.27. The quantitative estimate of drug-likeness (QED) is 0.723. The number of thioether (sulfide) groups is 1. The van der Waals surface area contributed by atoms with Gasteiger partial charge in [-0.1, -0.05) is 27.2 Å². The van der Waals surface area contributed by atoms with E-state index in [0.717, 1.165) is 12.5 Å². The molecule has 1 aliphatic rings. The van der Waals surface area contributed by atoms with Gasteiger partial charge in [0, 0.05) is 37.5 Å². The van der Waals surface area contributed by atoms with Crippen molar-refractivity contribution < 1.29 is 0 Å². The van der Waals surface area contributed by atoms with E-state index < -0.39 is 0 Å². The Morgan fingerprint density at radius 3 is 2.81 bits per heavy atom. The predicted octanol–water partition coefficient (Wildman–Crippen LogP) is 2.45. The topological polar surface area (TPSA) is 15.3 Å². The maximum absolute atomic E-state index is 3.69. The minimum atomic E-state index is 0.702. The van der Waals surface area contributed by atoms with Gasteiger partial charge in [-0.3, -0.25) is 4.90 Å². The second-order valence-electron chi connectivity index (χ2n) is 4.94. The van der Waals surface area contributed by atoms with Crippen molar-refractivity contribution in [3.05, 3.63) is 0 Å². The van der Waals surface area contributed by atoms with Crippen LogP contribution in [-0.4, -0.2) is 48.1 Å². The molecule has 1 aliphatic heterocycles. The van der Waals surface area contributed by atoms with Crippen LogP contribution in [0.4, 0.5) is 0 Å². The van der Waals surface area contributed by atoms with E-state index in [1.54, 1.807) is 0 Å². The molecule has 0 radical (unpaired) electrons. The first kappa shape index (κ1) is 14.3. The molecule has 2 nitrogen and oxygen atoms in total. The van der Waals surface area contributed by atoms with E-state index in [1.165, 1.54) is 31.0 Å². The van der Waals surface area contributed by atoms with Crippen LogP contribution in [0.1, 0.15) is 34.1 Å². The molecule has 0 amide bonds. The van der Waals surface area contributed by atoms with Crippen LogP contribution in [0.25, 0.3) is 0 Å². The summed E-state index contributed by atoms with van der Waals surface area (Å²) < 4.78 is 0. The van der Waals surface area contributed by atoms with E-state index in [1.807, 2.05) is 0 Å². The highest BCUT2D eigenvalue weighted by atomic mass is 32.2. The minimum Gasteiger partial charge on any atom is -0.311 e. The summed E-state index contributed by atoms with van der Waals surface area (Å²) in [4.78, 5) is 2.66. The van der Waals surface area contributed by atoms with Crippen LogP contribution in [0, 0.1) is 5.92 Å². The Bertz CT molecular complexity index is 187. The van der Waals surface area contributed by atoms with E-state index >= 15 is 0 Å². The van der Waals surface area contributed by atoms with E-state index in [2.05, 4.69) is 49.7 Å². The van der Waals surface area contributed by atoms with Gasteiger partial charge in [-0.2, -0.15) is 11.8 Å². The number of piperazine rings is 1. The second-order valence-corrected chi connectivity index (χ2v) is 6.34. The molecule has 3 atom stereocenters. The zero-order valence-corrected chi connectivity index (χ0v) is 12.1. The van der Waals surface area contributed by atoms with Crippen molar-refractivity contribution in [1.29, 1.82) is 0 Å². The lowest BCUT2D eigenvalue weighted by molar-refractivity contribution is 0.126. The van der Waals surface area contributed by atoms with Gasteiger partial charge in [-0.25, -0.2) is 0 Å². The zero-order chi connectivity index (χ0) is 12.0. The normalized spacial score (nSPS) is 29.2. The van der Waals surface area contributed by atoms with Gasteiger partial charge in [0.05, 0.1) is 0 Å². The van der Waals surface area contributed by atoms with Gasteiger partial charge in [-0.15, -0.1) is 0 Å². The summed E-state index contributed by atoms with van der Waals surface area (Å²) in [6.07, 6.45) is 1.28. The molecule has 96 valence electrons. The summed E-state index contributed by atoms with van der Waals surface area (Å²) in [5.74, 6) is 3.33.